The van der Waals surface area contributed by atoms with Gasteiger partial charge < -0.3 is 15.4 Å². The lowest BCUT2D eigenvalue weighted by Crippen LogP contribution is -2.34. The molecule has 2 rings (SSSR count). The number of anilines is 2. The fraction of sp³-hybridized carbons (Fsp3) is 0.250. The van der Waals surface area contributed by atoms with Crippen LogP contribution in [0.4, 0.5) is 11.4 Å². The Morgan fingerprint density at radius 2 is 1.70 bits per heavy atom. The van der Waals surface area contributed by atoms with Gasteiger partial charge in [-0.05, 0) is 79.3 Å². The molecule has 30 heavy (non-hydrogen) atoms. The Balaban J connectivity index is 1.83. The first-order valence-corrected chi connectivity index (χ1v) is 10.3. The molecule has 0 aliphatic rings. The molecule has 0 radical (unpaired) electrons. The van der Waals surface area contributed by atoms with Gasteiger partial charge >= 0.3 is 0 Å². The van der Waals surface area contributed by atoms with E-state index < -0.39 is 5.91 Å². The molecule has 0 spiro atoms. The Morgan fingerprint density at radius 3 is 2.30 bits per heavy atom. The van der Waals surface area contributed by atoms with Crippen LogP contribution in [-0.4, -0.2) is 30.6 Å². The maximum atomic E-state index is 12.3. The van der Waals surface area contributed by atoms with E-state index in [9.17, 15) is 9.59 Å². The van der Waals surface area contributed by atoms with E-state index in [2.05, 4.69) is 20.8 Å². The maximum Gasteiger partial charge on any atom is 0.257 e. The van der Waals surface area contributed by atoms with E-state index >= 15 is 0 Å². The van der Waals surface area contributed by atoms with E-state index in [1.807, 2.05) is 0 Å². The third-order valence-electron chi connectivity index (χ3n) is 3.99. The molecule has 0 fully saturated rings. The second-order valence-electron chi connectivity index (χ2n) is 6.22. The predicted octanol–water partition coefficient (Wildman–Crippen LogP) is 4.33. The van der Waals surface area contributed by atoms with E-state index in [1.54, 1.807) is 36.4 Å². The minimum atomic E-state index is -0.398. The first-order chi connectivity index (χ1) is 14.4. The average Bonchev–Trinajstić information content (AvgIpc) is 2.72. The van der Waals surface area contributed by atoms with Crippen LogP contribution in [0.3, 0.4) is 0 Å². The zero-order valence-corrected chi connectivity index (χ0v) is 18.6. The van der Waals surface area contributed by atoms with Crippen molar-refractivity contribution in [2.75, 3.05) is 24.3 Å². The van der Waals surface area contributed by atoms with Crippen LogP contribution >= 0.6 is 35.6 Å². The van der Waals surface area contributed by atoms with Gasteiger partial charge in [-0.15, -0.1) is 0 Å². The Labute approximate surface area is 190 Å². The number of hydrogen-bond donors (Lipinski definition) is 4. The Bertz CT molecular complexity index is 894. The number of thiocarbonyl (C=S) groups is 1. The predicted molar refractivity (Wildman–Crippen MR) is 124 cm³/mol. The number of benzene rings is 2. The monoisotopic (exact) mass is 468 g/mol. The van der Waals surface area contributed by atoms with Gasteiger partial charge in [0.1, 0.15) is 5.75 Å². The summed E-state index contributed by atoms with van der Waals surface area (Å²) in [6.45, 7) is 0.664. The molecule has 7 nitrogen and oxygen atoms in total. The number of ether oxygens (including phenoxy) is 1. The molecular weight excluding hydrogens is 447 g/mol. The van der Waals surface area contributed by atoms with Crippen LogP contribution in [0.25, 0.3) is 0 Å². The molecule has 0 aliphatic carbocycles. The second kappa shape index (κ2) is 12.3. The summed E-state index contributed by atoms with van der Waals surface area (Å²) >= 11 is 16.6. The van der Waals surface area contributed by atoms with Crippen LogP contribution in [0.2, 0.25) is 5.02 Å². The van der Waals surface area contributed by atoms with Gasteiger partial charge in [0.2, 0.25) is 5.91 Å². The number of amides is 2. The minimum Gasteiger partial charge on any atom is -0.495 e. The highest BCUT2D eigenvalue weighted by molar-refractivity contribution is 7.80. The molecule has 160 valence electrons. The molecule has 2 amide bonds. The minimum absolute atomic E-state index is 0.0637. The fourth-order valence-electron chi connectivity index (χ4n) is 2.48. The van der Waals surface area contributed by atoms with Crippen molar-refractivity contribution < 1.29 is 14.3 Å². The van der Waals surface area contributed by atoms with E-state index in [1.165, 1.54) is 13.2 Å². The smallest absolute Gasteiger partial charge is 0.257 e. The molecule has 0 atom stereocenters. The third-order valence-corrected chi connectivity index (χ3v) is 4.68. The summed E-state index contributed by atoms with van der Waals surface area (Å²) in [5, 5.41) is 8.79. The first-order valence-electron chi connectivity index (χ1n) is 9.12. The largest absolute Gasteiger partial charge is 0.495 e. The topological polar surface area (TPSA) is 91.5 Å². The lowest BCUT2D eigenvalue weighted by Gasteiger charge is -2.11. The summed E-state index contributed by atoms with van der Waals surface area (Å²) in [5.41, 5.74) is 1.69. The maximum absolute atomic E-state index is 12.3. The quantitative estimate of drug-likeness (QED) is 0.248. The zero-order chi connectivity index (χ0) is 21.9. The van der Waals surface area contributed by atoms with E-state index in [0.29, 0.717) is 40.7 Å². The van der Waals surface area contributed by atoms with E-state index in [0.717, 1.165) is 12.8 Å². The number of halogens is 2. The lowest BCUT2D eigenvalue weighted by molar-refractivity contribution is -0.116. The van der Waals surface area contributed by atoms with Gasteiger partial charge in [0, 0.05) is 29.9 Å². The van der Waals surface area contributed by atoms with Crippen LogP contribution in [-0.2, 0) is 4.79 Å². The van der Waals surface area contributed by atoms with Gasteiger partial charge in [-0.2, -0.15) is 0 Å². The summed E-state index contributed by atoms with van der Waals surface area (Å²) in [7, 11) is 1.50. The van der Waals surface area contributed by atoms with Gasteiger partial charge in [0.25, 0.3) is 5.91 Å². The molecule has 10 heteroatoms. The van der Waals surface area contributed by atoms with Gasteiger partial charge in [0.05, 0.1) is 12.1 Å². The normalized spacial score (nSPS) is 10.2. The lowest BCUT2D eigenvalue weighted by atomic mass is 10.2. The second-order valence-corrected chi connectivity index (χ2v) is 7.31. The van der Waals surface area contributed by atoms with Crippen molar-refractivity contribution in [3.8, 4) is 5.75 Å². The summed E-state index contributed by atoms with van der Waals surface area (Å²) in [5.74, 6) is 0.0184. The zero-order valence-electron chi connectivity index (χ0n) is 16.3. The molecule has 2 aromatic rings. The molecule has 0 aromatic heterocycles. The molecule has 2 aromatic carbocycles. The van der Waals surface area contributed by atoms with Crippen LogP contribution in [0.15, 0.2) is 42.5 Å². The highest BCUT2D eigenvalue weighted by Gasteiger charge is 2.11. The number of nitrogens with one attached hydrogen (secondary N) is 4. The van der Waals surface area contributed by atoms with Crippen molar-refractivity contribution >= 4 is 63.9 Å². The van der Waals surface area contributed by atoms with Crippen LogP contribution < -0.4 is 25.5 Å². The molecule has 0 bridgehead atoms. The average molecular weight is 469 g/mol. The van der Waals surface area contributed by atoms with Crippen molar-refractivity contribution in [3.63, 3.8) is 0 Å². The number of methoxy groups -OCH3 is 1. The van der Waals surface area contributed by atoms with Gasteiger partial charge in [-0.3, -0.25) is 14.9 Å². The summed E-state index contributed by atoms with van der Waals surface area (Å²) in [4.78, 5) is 26.7. The van der Waals surface area contributed by atoms with Crippen molar-refractivity contribution in [2.45, 2.75) is 19.3 Å². The first kappa shape index (κ1) is 23.9. The molecule has 0 saturated carbocycles. The summed E-state index contributed by atoms with van der Waals surface area (Å²) in [6.07, 6.45) is 1.99. The molecule has 0 heterocycles. The fourth-order valence-corrected chi connectivity index (χ4v) is 3.08. The van der Waals surface area contributed by atoms with Crippen molar-refractivity contribution in [1.29, 1.82) is 0 Å². The van der Waals surface area contributed by atoms with Crippen molar-refractivity contribution in [2.24, 2.45) is 0 Å². The number of carbonyl (C=O) groups is 2. The molecule has 0 unspecified atom stereocenters. The van der Waals surface area contributed by atoms with Gasteiger partial charge in [-0.1, -0.05) is 11.6 Å². The van der Waals surface area contributed by atoms with Crippen LogP contribution in [0, 0.1) is 0 Å². The Morgan fingerprint density at radius 1 is 1.03 bits per heavy atom. The highest BCUT2D eigenvalue weighted by Crippen LogP contribution is 2.24. The Hall–Kier alpha value is -2.39. The Kier molecular flexibility index (Phi) is 9.82. The van der Waals surface area contributed by atoms with Crippen LogP contribution in [0.1, 0.15) is 29.6 Å². The summed E-state index contributed by atoms with van der Waals surface area (Å²) < 4.78 is 5.07. The molecule has 0 saturated heterocycles. The number of unbranched alkanes of at least 4 members (excludes halogenated alkanes) is 1. The third kappa shape index (κ3) is 7.79. The van der Waals surface area contributed by atoms with Crippen LogP contribution in [0.5, 0.6) is 5.75 Å². The van der Waals surface area contributed by atoms with Gasteiger partial charge in [-0.25, -0.2) is 4.84 Å². The highest BCUT2D eigenvalue weighted by atomic mass is 35.5. The standard InChI is InChI=1S/C20H22Cl2N4O3S/c1-29-17-10-5-13(12-16(17)21)19(28)26-20(30)25-15-8-6-14(7-9-15)24-18(27)4-2-3-11-23-22/h5-10,12,23H,2-4,11H2,1H3,(H,24,27)(H2,25,26,28,30). The number of carbonyl (C=O) groups excluding carboxylic acids is 2. The summed E-state index contributed by atoms with van der Waals surface area (Å²) in [6, 6.07) is 11.7. The van der Waals surface area contributed by atoms with E-state index in [-0.39, 0.29) is 11.0 Å². The number of rotatable bonds is 9. The van der Waals surface area contributed by atoms with Crippen molar-refractivity contribution in [3.05, 3.63) is 53.1 Å². The molecule has 4 N–H and O–H groups in total. The van der Waals surface area contributed by atoms with E-state index in [4.69, 9.17) is 40.3 Å². The molecule has 0 aliphatic heterocycles. The number of hydrogen-bond acceptors (Lipinski definition) is 5. The van der Waals surface area contributed by atoms with Gasteiger partial charge in [0.15, 0.2) is 5.11 Å². The molecular formula is C20H22Cl2N4O3S. The van der Waals surface area contributed by atoms with Crippen molar-refractivity contribution in [1.82, 2.24) is 10.2 Å². The SMILES string of the molecule is COc1ccc(C(=O)NC(=S)Nc2ccc(NC(=O)CCCCNCl)cc2)cc1Cl.